The fourth-order valence-corrected chi connectivity index (χ4v) is 2.42. The number of carbonyl (C=O) groups is 1. The van der Waals surface area contributed by atoms with Crippen LogP contribution in [0, 0.1) is 6.92 Å². The highest BCUT2D eigenvalue weighted by Gasteiger charge is 2.23. The summed E-state index contributed by atoms with van der Waals surface area (Å²) in [4.78, 5) is 12.3. The molecule has 1 fully saturated rings. The van der Waals surface area contributed by atoms with Gasteiger partial charge in [-0.2, -0.15) is 0 Å². The Morgan fingerprint density at radius 3 is 2.67 bits per heavy atom. The maximum absolute atomic E-state index is 12.3. The van der Waals surface area contributed by atoms with Crippen molar-refractivity contribution in [3.05, 3.63) is 29.8 Å². The van der Waals surface area contributed by atoms with Crippen molar-refractivity contribution in [1.82, 2.24) is 10.6 Å². The van der Waals surface area contributed by atoms with Crippen molar-refractivity contribution in [2.75, 3.05) is 13.1 Å². The number of hydrogen-bond donors (Lipinski definition) is 2. The van der Waals surface area contributed by atoms with Crippen LogP contribution < -0.4 is 15.4 Å². The quantitative estimate of drug-likeness (QED) is 0.878. The van der Waals surface area contributed by atoms with E-state index in [1.165, 1.54) is 0 Å². The van der Waals surface area contributed by atoms with Crippen LogP contribution in [0.3, 0.4) is 0 Å². The van der Waals surface area contributed by atoms with Gasteiger partial charge in [-0.05, 0) is 50.9 Å². The second kappa shape index (κ2) is 8.90. The first-order chi connectivity index (χ1) is 9.70. The van der Waals surface area contributed by atoms with Crippen LogP contribution in [-0.2, 0) is 4.79 Å². The highest BCUT2D eigenvalue weighted by molar-refractivity contribution is 5.85. The molecule has 21 heavy (non-hydrogen) atoms. The predicted octanol–water partition coefficient (Wildman–Crippen LogP) is 2.44. The molecule has 1 saturated heterocycles. The molecule has 0 spiro atoms. The monoisotopic (exact) mass is 312 g/mol. The number of carbonyl (C=O) groups excluding carboxylic acids is 1. The van der Waals surface area contributed by atoms with Gasteiger partial charge in [0.1, 0.15) is 5.75 Å². The number of nitrogens with one attached hydrogen (secondary N) is 2. The number of para-hydroxylation sites is 1. The molecule has 0 aliphatic carbocycles. The van der Waals surface area contributed by atoms with E-state index in [0.29, 0.717) is 6.42 Å². The van der Waals surface area contributed by atoms with Gasteiger partial charge < -0.3 is 15.4 Å². The lowest BCUT2D eigenvalue weighted by Crippen LogP contribution is -2.47. The number of aryl methyl sites for hydroxylation is 1. The molecule has 1 atom stereocenters. The van der Waals surface area contributed by atoms with Crippen LogP contribution in [0.25, 0.3) is 0 Å². The molecular weight excluding hydrogens is 288 g/mol. The van der Waals surface area contributed by atoms with Gasteiger partial charge in [0, 0.05) is 6.04 Å². The molecule has 1 aromatic carbocycles. The van der Waals surface area contributed by atoms with E-state index >= 15 is 0 Å². The van der Waals surface area contributed by atoms with E-state index in [1.54, 1.807) is 0 Å². The van der Waals surface area contributed by atoms with E-state index < -0.39 is 6.10 Å². The molecule has 1 heterocycles. The Morgan fingerprint density at radius 1 is 1.38 bits per heavy atom. The fourth-order valence-electron chi connectivity index (χ4n) is 2.42. The van der Waals surface area contributed by atoms with E-state index in [9.17, 15) is 4.79 Å². The van der Waals surface area contributed by atoms with E-state index in [1.807, 2.05) is 38.1 Å². The number of halogens is 1. The van der Waals surface area contributed by atoms with Gasteiger partial charge in [-0.25, -0.2) is 0 Å². The minimum Gasteiger partial charge on any atom is -0.480 e. The number of rotatable bonds is 5. The van der Waals surface area contributed by atoms with Crippen LogP contribution in [0.1, 0.15) is 31.7 Å². The van der Waals surface area contributed by atoms with Crippen molar-refractivity contribution in [1.29, 1.82) is 0 Å². The van der Waals surface area contributed by atoms with Gasteiger partial charge in [-0.3, -0.25) is 4.79 Å². The van der Waals surface area contributed by atoms with Crippen LogP contribution in [0.2, 0.25) is 0 Å². The van der Waals surface area contributed by atoms with Gasteiger partial charge in [0.05, 0.1) is 0 Å². The summed E-state index contributed by atoms with van der Waals surface area (Å²) in [5.74, 6) is 0.794. The van der Waals surface area contributed by atoms with Crippen LogP contribution in [0.5, 0.6) is 5.75 Å². The van der Waals surface area contributed by atoms with Crippen molar-refractivity contribution < 1.29 is 9.53 Å². The highest BCUT2D eigenvalue weighted by Crippen LogP contribution is 2.19. The first kappa shape index (κ1) is 17.8. The third kappa shape index (κ3) is 5.21. The lowest BCUT2D eigenvalue weighted by molar-refractivity contribution is -0.129. The molecular formula is C16H25ClN2O2. The maximum Gasteiger partial charge on any atom is 0.261 e. The first-order valence-electron chi connectivity index (χ1n) is 7.44. The SMILES string of the molecule is CCC(Oc1ccccc1C)C(=O)NC1CCNCC1.Cl. The van der Waals surface area contributed by atoms with Crippen LogP contribution >= 0.6 is 12.4 Å². The summed E-state index contributed by atoms with van der Waals surface area (Å²) in [6.07, 6.45) is 2.25. The Hall–Kier alpha value is -1.26. The summed E-state index contributed by atoms with van der Waals surface area (Å²) >= 11 is 0. The van der Waals surface area contributed by atoms with Gasteiger partial charge in [-0.1, -0.05) is 25.1 Å². The van der Waals surface area contributed by atoms with Gasteiger partial charge in [0.25, 0.3) is 5.91 Å². The number of piperidine rings is 1. The molecule has 0 saturated carbocycles. The van der Waals surface area contributed by atoms with Gasteiger partial charge in [0.15, 0.2) is 6.10 Å². The molecule has 0 radical (unpaired) electrons. The molecule has 118 valence electrons. The molecule has 1 aliphatic rings. The second-order valence-electron chi connectivity index (χ2n) is 5.31. The van der Waals surface area contributed by atoms with Gasteiger partial charge in [0.2, 0.25) is 0 Å². The highest BCUT2D eigenvalue weighted by atomic mass is 35.5. The van der Waals surface area contributed by atoms with E-state index in [0.717, 1.165) is 37.2 Å². The Bertz CT molecular complexity index is 448. The zero-order valence-corrected chi connectivity index (χ0v) is 13.5. The van der Waals surface area contributed by atoms with Crippen molar-refractivity contribution in [2.45, 2.75) is 45.3 Å². The summed E-state index contributed by atoms with van der Waals surface area (Å²) in [6, 6.07) is 8.08. The third-order valence-electron chi connectivity index (χ3n) is 3.71. The third-order valence-corrected chi connectivity index (χ3v) is 3.71. The lowest BCUT2D eigenvalue weighted by atomic mass is 10.1. The standard InChI is InChI=1S/C16H24N2O2.ClH/c1-3-14(20-15-7-5-4-6-12(15)2)16(19)18-13-8-10-17-11-9-13;/h4-7,13-14,17H,3,8-11H2,1-2H3,(H,18,19);1H. The van der Waals surface area contributed by atoms with E-state index in [-0.39, 0.29) is 24.4 Å². The number of amides is 1. The normalized spacial score (nSPS) is 16.7. The molecule has 2 N–H and O–H groups in total. The van der Waals surface area contributed by atoms with E-state index in [4.69, 9.17) is 4.74 Å². The predicted molar refractivity (Wildman–Crippen MR) is 87.2 cm³/mol. The number of ether oxygens (including phenoxy) is 1. The van der Waals surface area contributed by atoms with Crippen molar-refractivity contribution in [2.24, 2.45) is 0 Å². The van der Waals surface area contributed by atoms with Crippen molar-refractivity contribution >= 4 is 18.3 Å². The Labute approximate surface area is 133 Å². The molecule has 1 aliphatic heterocycles. The molecule has 1 unspecified atom stereocenters. The van der Waals surface area contributed by atoms with Gasteiger partial charge >= 0.3 is 0 Å². The number of benzene rings is 1. The average Bonchev–Trinajstić information content (AvgIpc) is 2.47. The smallest absolute Gasteiger partial charge is 0.261 e. The summed E-state index contributed by atoms with van der Waals surface area (Å²) in [5.41, 5.74) is 1.06. The zero-order chi connectivity index (χ0) is 14.4. The largest absolute Gasteiger partial charge is 0.480 e. The summed E-state index contributed by atoms with van der Waals surface area (Å²) in [5, 5.41) is 6.40. The van der Waals surface area contributed by atoms with Gasteiger partial charge in [-0.15, -0.1) is 12.4 Å². The first-order valence-corrected chi connectivity index (χ1v) is 7.44. The minimum atomic E-state index is -0.411. The zero-order valence-electron chi connectivity index (χ0n) is 12.7. The Kier molecular flexibility index (Phi) is 7.54. The molecule has 2 rings (SSSR count). The molecule has 1 aromatic rings. The Morgan fingerprint density at radius 2 is 2.05 bits per heavy atom. The second-order valence-corrected chi connectivity index (χ2v) is 5.31. The summed E-state index contributed by atoms with van der Waals surface area (Å²) < 4.78 is 5.87. The average molecular weight is 313 g/mol. The fraction of sp³-hybridized carbons (Fsp3) is 0.562. The lowest BCUT2D eigenvalue weighted by Gasteiger charge is -2.26. The Balaban J connectivity index is 0.00000220. The molecule has 0 aromatic heterocycles. The van der Waals surface area contributed by atoms with E-state index in [2.05, 4.69) is 10.6 Å². The number of hydrogen-bond acceptors (Lipinski definition) is 3. The summed E-state index contributed by atoms with van der Waals surface area (Å²) in [7, 11) is 0. The van der Waals surface area contributed by atoms with Crippen molar-refractivity contribution in [3.63, 3.8) is 0 Å². The maximum atomic E-state index is 12.3. The molecule has 1 amide bonds. The molecule has 5 heteroatoms. The summed E-state index contributed by atoms with van der Waals surface area (Å²) in [6.45, 7) is 5.92. The van der Waals surface area contributed by atoms with Crippen LogP contribution in [0.15, 0.2) is 24.3 Å². The molecule has 4 nitrogen and oxygen atoms in total. The van der Waals surface area contributed by atoms with Crippen LogP contribution in [0.4, 0.5) is 0 Å². The topological polar surface area (TPSA) is 50.4 Å². The molecule has 0 bridgehead atoms. The van der Waals surface area contributed by atoms with Crippen LogP contribution in [-0.4, -0.2) is 31.1 Å². The van der Waals surface area contributed by atoms with Crippen molar-refractivity contribution in [3.8, 4) is 5.75 Å². The minimum absolute atomic E-state index is 0.